The van der Waals surface area contributed by atoms with E-state index in [1.54, 1.807) is 0 Å². The Hall–Kier alpha value is -0.0800. The molecule has 98 valence electrons. The maximum absolute atomic E-state index is 11.2. The molecule has 2 heteroatoms. The molecule has 0 radical (unpaired) electrons. The molecule has 2 aliphatic heterocycles. The van der Waals surface area contributed by atoms with Crippen LogP contribution in [-0.2, 0) is 0 Å². The first kappa shape index (κ1) is 12.0. The summed E-state index contributed by atoms with van der Waals surface area (Å²) in [5, 5.41) is 11.2. The lowest BCUT2D eigenvalue weighted by atomic mass is 9.64. The Kier molecular flexibility index (Phi) is 2.99. The fourth-order valence-corrected chi connectivity index (χ4v) is 4.52. The third-order valence-electron chi connectivity index (χ3n) is 6.11. The SMILES string of the molecule is CC1CCC(C2(O)CCN3CCC2C3)CC1C. The molecular weight excluding hydrogens is 210 g/mol. The quantitative estimate of drug-likeness (QED) is 0.757. The van der Waals surface area contributed by atoms with Gasteiger partial charge in [0.05, 0.1) is 5.60 Å². The second-order valence-electron chi connectivity index (χ2n) is 6.99. The largest absolute Gasteiger partial charge is 0.389 e. The summed E-state index contributed by atoms with van der Waals surface area (Å²) in [6.45, 7) is 8.28. The number of rotatable bonds is 1. The average molecular weight is 237 g/mol. The van der Waals surface area contributed by atoms with Crippen LogP contribution in [0.1, 0.15) is 46.0 Å². The van der Waals surface area contributed by atoms with Gasteiger partial charge in [0.25, 0.3) is 0 Å². The second kappa shape index (κ2) is 4.24. The maximum atomic E-state index is 11.2. The van der Waals surface area contributed by atoms with E-state index in [-0.39, 0.29) is 5.60 Å². The van der Waals surface area contributed by atoms with Crippen LogP contribution < -0.4 is 0 Å². The molecule has 0 spiro atoms. The lowest BCUT2D eigenvalue weighted by Gasteiger charge is -2.48. The van der Waals surface area contributed by atoms with E-state index in [2.05, 4.69) is 18.7 Å². The van der Waals surface area contributed by atoms with Gasteiger partial charge in [-0.3, -0.25) is 0 Å². The molecule has 1 N–H and O–H groups in total. The minimum Gasteiger partial charge on any atom is -0.389 e. The zero-order chi connectivity index (χ0) is 12.0. The molecule has 0 amide bonds. The average Bonchev–Trinajstić information content (AvgIpc) is 2.73. The summed E-state index contributed by atoms with van der Waals surface area (Å²) in [6, 6.07) is 0. The van der Waals surface area contributed by atoms with Crippen LogP contribution in [0.25, 0.3) is 0 Å². The molecule has 0 aromatic carbocycles. The summed E-state index contributed by atoms with van der Waals surface area (Å²) in [6.07, 6.45) is 6.11. The molecule has 1 saturated carbocycles. The van der Waals surface area contributed by atoms with Gasteiger partial charge in [-0.05, 0) is 50.0 Å². The Labute approximate surface area is 105 Å². The molecule has 2 bridgehead atoms. The molecule has 3 aliphatic rings. The van der Waals surface area contributed by atoms with Crippen LogP contribution in [0.15, 0.2) is 0 Å². The number of nitrogens with zero attached hydrogens (tertiary/aromatic N) is 1. The molecule has 0 aromatic heterocycles. The van der Waals surface area contributed by atoms with Crippen LogP contribution >= 0.6 is 0 Å². The molecule has 0 aromatic rings. The van der Waals surface area contributed by atoms with Crippen molar-refractivity contribution in [2.45, 2.75) is 51.6 Å². The summed E-state index contributed by atoms with van der Waals surface area (Å²) in [4.78, 5) is 2.54. The third kappa shape index (κ3) is 1.94. The standard InChI is InChI=1S/C15H27NO/c1-11-3-4-13(9-12(11)2)15(17)6-8-16-7-5-14(15)10-16/h11-14,17H,3-10H2,1-2H3. The fourth-order valence-electron chi connectivity index (χ4n) is 4.52. The van der Waals surface area contributed by atoms with Crippen molar-refractivity contribution < 1.29 is 5.11 Å². The molecule has 2 nitrogen and oxygen atoms in total. The van der Waals surface area contributed by atoms with Crippen LogP contribution in [0.4, 0.5) is 0 Å². The first-order valence-electron chi connectivity index (χ1n) is 7.54. The molecule has 17 heavy (non-hydrogen) atoms. The Morgan fingerprint density at radius 1 is 1.00 bits per heavy atom. The minimum absolute atomic E-state index is 0.318. The summed E-state index contributed by atoms with van der Waals surface area (Å²) in [5.41, 5.74) is -0.318. The highest BCUT2D eigenvalue weighted by Crippen LogP contribution is 2.47. The molecule has 3 rings (SSSR count). The highest BCUT2D eigenvalue weighted by atomic mass is 16.3. The molecule has 6 atom stereocenters. The van der Waals surface area contributed by atoms with Crippen molar-refractivity contribution in [1.82, 2.24) is 4.90 Å². The van der Waals surface area contributed by atoms with Crippen molar-refractivity contribution in [1.29, 1.82) is 0 Å². The van der Waals surface area contributed by atoms with Gasteiger partial charge in [-0.25, -0.2) is 0 Å². The van der Waals surface area contributed by atoms with Gasteiger partial charge in [-0.1, -0.05) is 20.3 Å². The van der Waals surface area contributed by atoms with Crippen LogP contribution in [0, 0.1) is 23.7 Å². The van der Waals surface area contributed by atoms with Crippen molar-refractivity contribution in [2.75, 3.05) is 19.6 Å². The number of hydrogen-bond acceptors (Lipinski definition) is 2. The molecular formula is C15H27NO. The summed E-state index contributed by atoms with van der Waals surface area (Å²) in [5.74, 6) is 2.82. The molecule has 1 aliphatic carbocycles. The lowest BCUT2D eigenvalue weighted by molar-refractivity contribution is -0.109. The zero-order valence-corrected chi connectivity index (χ0v) is 11.4. The molecule has 2 saturated heterocycles. The van der Waals surface area contributed by atoms with E-state index in [9.17, 15) is 5.11 Å². The third-order valence-corrected chi connectivity index (χ3v) is 6.11. The highest BCUT2D eigenvalue weighted by molar-refractivity contribution is 5.02. The smallest absolute Gasteiger partial charge is 0.0728 e. The Morgan fingerprint density at radius 2 is 1.82 bits per heavy atom. The summed E-state index contributed by atoms with van der Waals surface area (Å²) in [7, 11) is 0. The summed E-state index contributed by atoms with van der Waals surface area (Å²) < 4.78 is 0. The van der Waals surface area contributed by atoms with E-state index in [0.717, 1.165) is 31.3 Å². The maximum Gasteiger partial charge on any atom is 0.0728 e. The number of aliphatic hydroxyl groups is 1. The van der Waals surface area contributed by atoms with Gasteiger partial charge in [0.15, 0.2) is 0 Å². The van der Waals surface area contributed by atoms with Crippen molar-refractivity contribution in [2.24, 2.45) is 23.7 Å². The fraction of sp³-hybridized carbons (Fsp3) is 1.00. The number of hydrogen-bond donors (Lipinski definition) is 1. The molecule has 6 unspecified atom stereocenters. The van der Waals surface area contributed by atoms with E-state index < -0.39 is 0 Å². The van der Waals surface area contributed by atoms with Gasteiger partial charge in [0.1, 0.15) is 0 Å². The van der Waals surface area contributed by atoms with E-state index in [1.165, 1.54) is 32.2 Å². The molecule has 3 fully saturated rings. The minimum atomic E-state index is -0.318. The van der Waals surface area contributed by atoms with Crippen molar-refractivity contribution in [3.63, 3.8) is 0 Å². The first-order chi connectivity index (χ1) is 8.09. The Balaban J connectivity index is 1.74. The number of piperidine rings is 1. The lowest BCUT2D eigenvalue weighted by Crippen LogP contribution is -2.52. The van der Waals surface area contributed by atoms with Crippen molar-refractivity contribution >= 4 is 0 Å². The van der Waals surface area contributed by atoms with Gasteiger partial charge in [0, 0.05) is 19.0 Å². The zero-order valence-electron chi connectivity index (χ0n) is 11.4. The normalized spacial score (nSPS) is 54.9. The van der Waals surface area contributed by atoms with Gasteiger partial charge in [0.2, 0.25) is 0 Å². The monoisotopic (exact) mass is 237 g/mol. The number of fused-ring (bicyclic) bond motifs is 2. The Morgan fingerprint density at radius 3 is 2.59 bits per heavy atom. The topological polar surface area (TPSA) is 23.5 Å². The summed E-state index contributed by atoms with van der Waals surface area (Å²) >= 11 is 0. The van der Waals surface area contributed by atoms with Gasteiger partial charge in [-0.2, -0.15) is 0 Å². The highest BCUT2D eigenvalue weighted by Gasteiger charge is 2.50. The first-order valence-corrected chi connectivity index (χ1v) is 7.54. The van der Waals surface area contributed by atoms with E-state index in [1.807, 2.05) is 0 Å². The van der Waals surface area contributed by atoms with E-state index >= 15 is 0 Å². The second-order valence-corrected chi connectivity index (χ2v) is 6.99. The van der Waals surface area contributed by atoms with Gasteiger partial charge < -0.3 is 10.0 Å². The van der Waals surface area contributed by atoms with Gasteiger partial charge in [-0.15, -0.1) is 0 Å². The Bertz CT molecular complexity index is 293. The van der Waals surface area contributed by atoms with Crippen molar-refractivity contribution in [3.8, 4) is 0 Å². The van der Waals surface area contributed by atoms with Crippen LogP contribution in [-0.4, -0.2) is 35.2 Å². The molecule has 2 heterocycles. The predicted molar refractivity (Wildman–Crippen MR) is 69.8 cm³/mol. The predicted octanol–water partition coefficient (Wildman–Crippen LogP) is 2.52. The van der Waals surface area contributed by atoms with Crippen LogP contribution in [0.2, 0.25) is 0 Å². The van der Waals surface area contributed by atoms with E-state index in [4.69, 9.17) is 0 Å². The van der Waals surface area contributed by atoms with Crippen LogP contribution in [0.5, 0.6) is 0 Å². The van der Waals surface area contributed by atoms with Crippen molar-refractivity contribution in [3.05, 3.63) is 0 Å². The van der Waals surface area contributed by atoms with E-state index in [0.29, 0.717) is 11.8 Å². The van der Waals surface area contributed by atoms with Crippen LogP contribution in [0.3, 0.4) is 0 Å². The van der Waals surface area contributed by atoms with Gasteiger partial charge >= 0.3 is 0 Å².